The monoisotopic (exact) mass is 517 g/mol. The van der Waals surface area contributed by atoms with Gasteiger partial charge in [-0.25, -0.2) is 9.59 Å². The Kier molecular flexibility index (Phi) is 10.2. The van der Waals surface area contributed by atoms with E-state index in [9.17, 15) is 4.79 Å². The second-order valence-electron chi connectivity index (χ2n) is 8.36. The Bertz CT molecular complexity index is 1340. The van der Waals surface area contributed by atoms with Crippen LogP contribution in [0.3, 0.4) is 0 Å². The van der Waals surface area contributed by atoms with Crippen molar-refractivity contribution >= 4 is 28.7 Å². The second kappa shape index (κ2) is 13.8. The van der Waals surface area contributed by atoms with Crippen LogP contribution in [0.2, 0.25) is 0 Å². The van der Waals surface area contributed by atoms with Crippen molar-refractivity contribution in [2.45, 2.75) is 20.3 Å². The molecule has 0 radical (unpaired) electrons. The zero-order valence-electron chi connectivity index (χ0n) is 21.4. The molecule has 0 bridgehead atoms. The van der Waals surface area contributed by atoms with Crippen molar-refractivity contribution < 1.29 is 33.8 Å². The summed E-state index contributed by atoms with van der Waals surface area (Å²) in [4.78, 5) is 34.1. The topological polar surface area (TPSA) is 117 Å². The van der Waals surface area contributed by atoms with Gasteiger partial charge in [-0.1, -0.05) is 62.4 Å². The summed E-state index contributed by atoms with van der Waals surface area (Å²) < 4.78 is 12.0. The number of furan rings is 1. The molecule has 0 amide bonds. The highest BCUT2D eigenvalue weighted by Gasteiger charge is 2.23. The number of nitrogens with zero attached hydrogens (tertiary/aromatic N) is 1. The molecule has 0 aliphatic heterocycles. The van der Waals surface area contributed by atoms with Gasteiger partial charge in [0.25, 0.3) is 0 Å². The Balaban J connectivity index is 0.000000599. The first-order valence-corrected chi connectivity index (χ1v) is 12.4. The Labute approximate surface area is 221 Å². The second-order valence-corrected chi connectivity index (χ2v) is 8.36. The summed E-state index contributed by atoms with van der Waals surface area (Å²) in [5.41, 5.74) is 2.81. The zero-order valence-corrected chi connectivity index (χ0v) is 21.4. The van der Waals surface area contributed by atoms with Crippen molar-refractivity contribution in [1.82, 2.24) is 4.90 Å². The van der Waals surface area contributed by atoms with Gasteiger partial charge in [0.2, 0.25) is 0 Å². The molecule has 4 rings (SSSR count). The lowest BCUT2D eigenvalue weighted by atomic mass is 9.97. The highest BCUT2D eigenvalue weighted by molar-refractivity contribution is 6.27. The van der Waals surface area contributed by atoms with Gasteiger partial charge < -0.3 is 24.3 Å². The molecule has 198 valence electrons. The summed E-state index contributed by atoms with van der Waals surface area (Å²) >= 11 is 0. The van der Waals surface area contributed by atoms with Crippen molar-refractivity contribution in [3.63, 3.8) is 0 Å². The maximum Gasteiger partial charge on any atom is 0.414 e. The SMILES string of the molecule is CCN(CC)CCCOc1ccc(C(=O)c2c(-c3ccccc3)oc3ccccc23)cc1.O=C(O)C(=O)O. The van der Waals surface area contributed by atoms with Crippen LogP contribution in [-0.2, 0) is 9.59 Å². The van der Waals surface area contributed by atoms with Crippen LogP contribution in [0.5, 0.6) is 5.75 Å². The first-order chi connectivity index (χ1) is 18.3. The van der Waals surface area contributed by atoms with Gasteiger partial charge in [0.1, 0.15) is 17.1 Å². The number of para-hydroxylation sites is 1. The van der Waals surface area contributed by atoms with E-state index in [1.165, 1.54) is 0 Å². The van der Waals surface area contributed by atoms with E-state index < -0.39 is 11.9 Å². The number of fused-ring (bicyclic) bond motifs is 1. The van der Waals surface area contributed by atoms with Gasteiger partial charge >= 0.3 is 11.9 Å². The quantitative estimate of drug-likeness (QED) is 0.159. The molecule has 2 N–H and O–H groups in total. The fourth-order valence-electron chi connectivity index (χ4n) is 3.93. The first kappa shape index (κ1) is 28.1. The summed E-state index contributed by atoms with van der Waals surface area (Å²) in [7, 11) is 0. The van der Waals surface area contributed by atoms with Gasteiger partial charge in [0, 0.05) is 23.1 Å². The Morgan fingerprint density at radius 3 is 2.03 bits per heavy atom. The van der Waals surface area contributed by atoms with Crippen molar-refractivity contribution in [2.75, 3.05) is 26.2 Å². The smallest absolute Gasteiger partial charge is 0.414 e. The zero-order chi connectivity index (χ0) is 27.5. The highest BCUT2D eigenvalue weighted by Crippen LogP contribution is 2.35. The van der Waals surface area contributed by atoms with Gasteiger partial charge in [-0.2, -0.15) is 0 Å². The number of carbonyl (C=O) groups excluding carboxylic acids is 1. The number of hydrogen-bond donors (Lipinski definition) is 2. The first-order valence-electron chi connectivity index (χ1n) is 12.4. The normalized spacial score (nSPS) is 10.6. The molecule has 0 aliphatic rings. The molecule has 0 saturated heterocycles. The van der Waals surface area contributed by atoms with Gasteiger partial charge in [-0.05, 0) is 49.8 Å². The van der Waals surface area contributed by atoms with Crippen molar-refractivity contribution in [3.8, 4) is 17.1 Å². The fraction of sp³-hybridized carbons (Fsp3) is 0.233. The minimum absolute atomic E-state index is 0.0538. The van der Waals surface area contributed by atoms with Crippen LogP contribution in [0.4, 0.5) is 0 Å². The number of rotatable bonds is 10. The largest absolute Gasteiger partial charge is 0.494 e. The summed E-state index contributed by atoms with van der Waals surface area (Å²) in [6, 6.07) is 24.9. The van der Waals surface area contributed by atoms with Crippen LogP contribution < -0.4 is 4.74 Å². The molecule has 3 aromatic carbocycles. The lowest BCUT2D eigenvalue weighted by molar-refractivity contribution is -0.159. The van der Waals surface area contributed by atoms with Crippen molar-refractivity contribution in [2.24, 2.45) is 0 Å². The van der Waals surface area contributed by atoms with E-state index in [0.29, 0.717) is 29.1 Å². The molecule has 0 atom stereocenters. The molecule has 0 saturated carbocycles. The van der Waals surface area contributed by atoms with Crippen LogP contribution >= 0.6 is 0 Å². The third kappa shape index (κ3) is 7.30. The van der Waals surface area contributed by atoms with E-state index in [-0.39, 0.29) is 5.78 Å². The van der Waals surface area contributed by atoms with E-state index in [1.54, 1.807) is 0 Å². The van der Waals surface area contributed by atoms with Gasteiger partial charge in [-0.3, -0.25) is 4.79 Å². The molecule has 4 aromatic rings. The van der Waals surface area contributed by atoms with Gasteiger partial charge in [-0.15, -0.1) is 0 Å². The summed E-state index contributed by atoms with van der Waals surface area (Å²) in [6.07, 6.45) is 0.976. The van der Waals surface area contributed by atoms with Gasteiger partial charge in [0.15, 0.2) is 5.78 Å². The molecule has 0 spiro atoms. The Morgan fingerprint density at radius 2 is 1.42 bits per heavy atom. The molecule has 0 fully saturated rings. The Hall–Kier alpha value is -4.43. The number of hydrogen-bond acceptors (Lipinski definition) is 6. The standard InChI is InChI=1S/C28H29NO3.C2H2O4/c1-3-29(4-2)19-10-20-31-23-17-15-21(16-18-23)27(30)26-24-13-8-9-14-25(24)32-28(26)22-11-6-5-7-12-22;3-1(4)2(5)6/h5-9,11-18H,3-4,10,19-20H2,1-2H3;(H,3,4)(H,5,6). The molecular weight excluding hydrogens is 486 g/mol. The van der Waals surface area contributed by atoms with E-state index in [4.69, 9.17) is 29.0 Å². The lowest BCUT2D eigenvalue weighted by Gasteiger charge is -2.17. The minimum atomic E-state index is -1.82. The maximum absolute atomic E-state index is 13.5. The molecule has 8 nitrogen and oxygen atoms in total. The molecule has 1 heterocycles. The molecule has 1 aromatic heterocycles. The molecule has 0 unspecified atom stereocenters. The fourth-order valence-corrected chi connectivity index (χ4v) is 3.93. The average molecular weight is 518 g/mol. The van der Waals surface area contributed by atoms with Crippen LogP contribution in [0, 0.1) is 0 Å². The van der Waals surface area contributed by atoms with E-state index in [0.717, 1.165) is 42.8 Å². The maximum atomic E-state index is 13.5. The third-order valence-electron chi connectivity index (χ3n) is 5.94. The number of carbonyl (C=O) groups is 3. The molecule has 0 aliphatic carbocycles. The summed E-state index contributed by atoms with van der Waals surface area (Å²) in [6.45, 7) is 8.15. The number of carboxylic acids is 2. The lowest BCUT2D eigenvalue weighted by Crippen LogP contribution is -2.25. The third-order valence-corrected chi connectivity index (χ3v) is 5.94. The van der Waals surface area contributed by atoms with Crippen LogP contribution in [0.25, 0.3) is 22.3 Å². The van der Waals surface area contributed by atoms with Crippen LogP contribution in [-0.4, -0.2) is 59.1 Å². The number of ketones is 1. The average Bonchev–Trinajstić information content (AvgIpc) is 3.33. The van der Waals surface area contributed by atoms with Crippen molar-refractivity contribution in [1.29, 1.82) is 0 Å². The summed E-state index contributed by atoms with van der Waals surface area (Å²) in [5, 5.41) is 15.6. The molecular formula is C30H31NO7. The van der Waals surface area contributed by atoms with Crippen LogP contribution in [0.15, 0.2) is 83.3 Å². The summed E-state index contributed by atoms with van der Waals surface area (Å²) in [5.74, 6) is -2.32. The molecule has 8 heteroatoms. The Morgan fingerprint density at radius 1 is 0.816 bits per heavy atom. The predicted molar refractivity (Wildman–Crippen MR) is 145 cm³/mol. The van der Waals surface area contributed by atoms with Gasteiger partial charge in [0.05, 0.1) is 12.2 Å². The minimum Gasteiger partial charge on any atom is -0.494 e. The van der Waals surface area contributed by atoms with Crippen molar-refractivity contribution in [3.05, 3.63) is 90.0 Å². The van der Waals surface area contributed by atoms with E-state index in [1.807, 2.05) is 78.9 Å². The van der Waals surface area contributed by atoms with E-state index in [2.05, 4.69) is 18.7 Å². The van der Waals surface area contributed by atoms with E-state index >= 15 is 0 Å². The van der Waals surface area contributed by atoms with Crippen LogP contribution in [0.1, 0.15) is 36.2 Å². The predicted octanol–water partition coefficient (Wildman–Crippen LogP) is 5.60. The number of ether oxygens (including phenoxy) is 1. The number of benzene rings is 3. The highest BCUT2D eigenvalue weighted by atomic mass is 16.5. The number of aliphatic carboxylic acids is 2. The molecule has 38 heavy (non-hydrogen) atoms. The number of carboxylic acid groups (broad SMARTS) is 2.